The number of rotatable bonds is 4. The molecule has 0 aliphatic heterocycles. The van der Waals surface area contributed by atoms with Gasteiger partial charge in [-0.3, -0.25) is 0 Å². The molecular formula is C17H10F5N3O2. The minimum atomic E-state index is -4.59. The lowest BCUT2D eigenvalue weighted by atomic mass is 10.1. The third-order valence-corrected chi connectivity index (χ3v) is 3.45. The van der Waals surface area contributed by atoms with Crippen molar-refractivity contribution in [1.82, 2.24) is 15.0 Å². The van der Waals surface area contributed by atoms with E-state index in [2.05, 4.69) is 15.0 Å². The number of hydrogen-bond acceptors (Lipinski definition) is 5. The summed E-state index contributed by atoms with van der Waals surface area (Å²) < 4.78 is 75.3. The monoisotopic (exact) mass is 383 g/mol. The topological polar surface area (TPSA) is 57.1 Å². The summed E-state index contributed by atoms with van der Waals surface area (Å²) in [7, 11) is 1.26. The van der Waals surface area contributed by atoms with Crippen molar-refractivity contribution in [2.24, 2.45) is 0 Å². The molecular weight excluding hydrogens is 373 g/mol. The molecule has 10 heteroatoms. The largest absolute Gasteiger partial charge is 0.496 e. The van der Waals surface area contributed by atoms with E-state index in [9.17, 15) is 22.0 Å². The molecule has 0 spiro atoms. The van der Waals surface area contributed by atoms with Gasteiger partial charge in [0, 0.05) is 17.8 Å². The van der Waals surface area contributed by atoms with Gasteiger partial charge in [0.05, 0.1) is 18.9 Å². The van der Waals surface area contributed by atoms with E-state index in [4.69, 9.17) is 9.47 Å². The third kappa shape index (κ3) is 3.94. The second-order valence-electron chi connectivity index (χ2n) is 5.19. The zero-order valence-electron chi connectivity index (χ0n) is 13.6. The number of methoxy groups -OCH3 is 1. The molecule has 140 valence electrons. The van der Waals surface area contributed by atoms with Crippen molar-refractivity contribution < 1.29 is 31.4 Å². The Morgan fingerprint density at radius 3 is 2.30 bits per heavy atom. The van der Waals surface area contributed by atoms with Gasteiger partial charge in [0.2, 0.25) is 5.88 Å². The highest BCUT2D eigenvalue weighted by Gasteiger charge is 2.32. The van der Waals surface area contributed by atoms with E-state index in [1.807, 2.05) is 0 Å². The molecule has 5 nitrogen and oxygen atoms in total. The summed E-state index contributed by atoms with van der Waals surface area (Å²) in [5.41, 5.74) is -0.833. The van der Waals surface area contributed by atoms with Crippen LogP contribution in [-0.4, -0.2) is 22.1 Å². The molecule has 0 saturated heterocycles. The number of ether oxygens (including phenoxy) is 2. The van der Waals surface area contributed by atoms with E-state index in [0.29, 0.717) is 0 Å². The Bertz CT molecular complexity index is 962. The van der Waals surface area contributed by atoms with Crippen molar-refractivity contribution in [3.63, 3.8) is 0 Å². The molecule has 1 aromatic carbocycles. The average molecular weight is 383 g/mol. The molecule has 0 atom stereocenters. The number of alkyl halides is 3. The fourth-order valence-corrected chi connectivity index (χ4v) is 2.21. The SMILES string of the molecule is COc1cc(F)c(F)cc1-c1cncnc1Oc1ccc(C(F)(F)F)nc1. The lowest BCUT2D eigenvalue weighted by Crippen LogP contribution is -2.07. The molecule has 0 saturated carbocycles. The van der Waals surface area contributed by atoms with E-state index in [1.165, 1.54) is 13.3 Å². The van der Waals surface area contributed by atoms with Gasteiger partial charge in [0.15, 0.2) is 11.6 Å². The zero-order chi connectivity index (χ0) is 19.6. The minimum Gasteiger partial charge on any atom is -0.496 e. The van der Waals surface area contributed by atoms with Crippen molar-refractivity contribution in [3.05, 3.63) is 60.3 Å². The first-order chi connectivity index (χ1) is 12.8. The van der Waals surface area contributed by atoms with E-state index in [-0.39, 0.29) is 28.5 Å². The van der Waals surface area contributed by atoms with E-state index in [0.717, 1.165) is 36.8 Å². The van der Waals surface area contributed by atoms with Crippen LogP contribution in [0.3, 0.4) is 0 Å². The van der Waals surface area contributed by atoms with Crippen LogP contribution in [0, 0.1) is 11.6 Å². The maximum Gasteiger partial charge on any atom is 0.433 e. The van der Waals surface area contributed by atoms with E-state index < -0.39 is 23.5 Å². The quantitative estimate of drug-likeness (QED) is 0.615. The molecule has 3 rings (SSSR count). The molecule has 0 aliphatic rings. The van der Waals surface area contributed by atoms with Crippen molar-refractivity contribution in [3.8, 4) is 28.5 Å². The van der Waals surface area contributed by atoms with Crippen molar-refractivity contribution >= 4 is 0 Å². The van der Waals surface area contributed by atoms with Crippen LogP contribution in [-0.2, 0) is 6.18 Å². The number of hydrogen-bond donors (Lipinski definition) is 0. The van der Waals surface area contributed by atoms with Gasteiger partial charge in [-0.05, 0) is 18.2 Å². The molecule has 27 heavy (non-hydrogen) atoms. The maximum absolute atomic E-state index is 13.7. The predicted molar refractivity (Wildman–Crippen MR) is 83.2 cm³/mol. The van der Waals surface area contributed by atoms with Gasteiger partial charge in [0.25, 0.3) is 0 Å². The number of benzene rings is 1. The Kier molecular flexibility index (Phi) is 4.89. The van der Waals surface area contributed by atoms with Crippen LogP contribution in [0.25, 0.3) is 11.1 Å². The summed E-state index contributed by atoms with van der Waals surface area (Å²) >= 11 is 0. The van der Waals surface area contributed by atoms with Gasteiger partial charge in [-0.25, -0.2) is 23.7 Å². The van der Waals surface area contributed by atoms with Gasteiger partial charge in [-0.1, -0.05) is 0 Å². The highest BCUT2D eigenvalue weighted by molar-refractivity contribution is 5.74. The van der Waals surface area contributed by atoms with E-state index >= 15 is 0 Å². The van der Waals surface area contributed by atoms with Crippen LogP contribution in [0.2, 0.25) is 0 Å². The Hall–Kier alpha value is -3.30. The summed E-state index contributed by atoms with van der Waals surface area (Å²) in [5.74, 6) is -2.38. The summed E-state index contributed by atoms with van der Waals surface area (Å²) in [6.07, 6.45) is -1.31. The molecule has 0 unspecified atom stereocenters. The molecule has 0 N–H and O–H groups in total. The normalized spacial score (nSPS) is 11.3. The summed E-state index contributed by atoms with van der Waals surface area (Å²) in [5, 5.41) is 0. The van der Waals surface area contributed by atoms with E-state index in [1.54, 1.807) is 0 Å². The second kappa shape index (κ2) is 7.14. The Labute approximate surface area is 149 Å². The average Bonchev–Trinajstić information content (AvgIpc) is 2.64. The standard InChI is InChI=1S/C17H10F5N3O2/c1-26-14-5-13(19)12(18)4-10(14)11-7-23-8-25-16(11)27-9-2-3-15(24-6-9)17(20,21)22/h2-8H,1H3. The first kappa shape index (κ1) is 18.5. The van der Waals surface area contributed by atoms with Crippen LogP contribution in [0.1, 0.15) is 5.69 Å². The Morgan fingerprint density at radius 1 is 0.926 bits per heavy atom. The maximum atomic E-state index is 13.7. The third-order valence-electron chi connectivity index (χ3n) is 3.45. The first-order valence-electron chi connectivity index (χ1n) is 7.34. The minimum absolute atomic E-state index is 0.000839. The Balaban J connectivity index is 1.99. The van der Waals surface area contributed by atoms with Crippen LogP contribution in [0.15, 0.2) is 43.0 Å². The van der Waals surface area contributed by atoms with Crippen LogP contribution in [0.4, 0.5) is 22.0 Å². The summed E-state index contributed by atoms with van der Waals surface area (Å²) in [4.78, 5) is 11.0. The molecule has 0 radical (unpaired) electrons. The van der Waals surface area contributed by atoms with Crippen LogP contribution in [0.5, 0.6) is 17.4 Å². The number of nitrogens with zero attached hydrogens (tertiary/aromatic N) is 3. The van der Waals surface area contributed by atoms with Gasteiger partial charge < -0.3 is 9.47 Å². The molecule has 2 aromatic heterocycles. The molecule has 0 amide bonds. The van der Waals surface area contributed by atoms with Gasteiger partial charge in [-0.15, -0.1) is 0 Å². The van der Waals surface area contributed by atoms with Crippen LogP contribution < -0.4 is 9.47 Å². The molecule has 0 bridgehead atoms. The molecule has 0 aliphatic carbocycles. The number of pyridine rings is 1. The lowest BCUT2D eigenvalue weighted by molar-refractivity contribution is -0.141. The van der Waals surface area contributed by atoms with Gasteiger partial charge in [0.1, 0.15) is 23.5 Å². The second-order valence-corrected chi connectivity index (χ2v) is 5.19. The van der Waals surface area contributed by atoms with Crippen LogP contribution >= 0.6 is 0 Å². The summed E-state index contributed by atoms with van der Waals surface area (Å²) in [6.45, 7) is 0. The highest BCUT2D eigenvalue weighted by Crippen LogP contribution is 2.38. The Morgan fingerprint density at radius 2 is 1.67 bits per heavy atom. The number of aromatic nitrogens is 3. The van der Waals surface area contributed by atoms with Gasteiger partial charge in [-0.2, -0.15) is 13.2 Å². The zero-order valence-corrected chi connectivity index (χ0v) is 13.6. The lowest BCUT2D eigenvalue weighted by Gasteiger charge is -2.13. The fourth-order valence-electron chi connectivity index (χ4n) is 2.21. The molecule has 0 fully saturated rings. The van der Waals surface area contributed by atoms with Crippen molar-refractivity contribution in [2.75, 3.05) is 7.11 Å². The first-order valence-corrected chi connectivity index (χ1v) is 7.34. The summed E-state index contributed by atoms with van der Waals surface area (Å²) in [6, 6.07) is 3.53. The highest BCUT2D eigenvalue weighted by atomic mass is 19.4. The number of halogens is 5. The van der Waals surface area contributed by atoms with Crippen molar-refractivity contribution in [2.45, 2.75) is 6.18 Å². The van der Waals surface area contributed by atoms with Gasteiger partial charge >= 0.3 is 6.18 Å². The predicted octanol–water partition coefficient (Wildman–Crippen LogP) is 4.64. The molecule has 3 aromatic rings. The van der Waals surface area contributed by atoms with Crippen molar-refractivity contribution in [1.29, 1.82) is 0 Å². The molecule has 2 heterocycles. The smallest absolute Gasteiger partial charge is 0.433 e. The fraction of sp³-hybridized carbons (Fsp3) is 0.118.